The summed E-state index contributed by atoms with van der Waals surface area (Å²) in [6, 6.07) is 7.31. The predicted octanol–water partition coefficient (Wildman–Crippen LogP) is 0.769. The van der Waals surface area contributed by atoms with Gasteiger partial charge in [0.25, 0.3) is 0 Å². The number of imidazole rings is 1. The van der Waals surface area contributed by atoms with E-state index < -0.39 is 5.97 Å². The number of carboxylic acid groups (broad SMARTS) is 1. The largest absolute Gasteiger partial charge is 0.550 e. The van der Waals surface area contributed by atoms with E-state index in [4.69, 9.17) is 0 Å². The van der Waals surface area contributed by atoms with E-state index in [1.54, 1.807) is 6.07 Å². The number of aliphatic carboxylic acids is 1. The van der Waals surface area contributed by atoms with Crippen molar-refractivity contribution < 1.29 is 14.7 Å². The Morgan fingerprint density at radius 3 is 2.67 bits per heavy atom. The van der Waals surface area contributed by atoms with Crippen molar-refractivity contribution in [3.8, 4) is 0 Å². The fourth-order valence-electron chi connectivity index (χ4n) is 1.91. The van der Waals surface area contributed by atoms with E-state index in [-0.39, 0.29) is 18.7 Å². The van der Waals surface area contributed by atoms with Crippen molar-refractivity contribution in [1.29, 1.82) is 0 Å². The van der Waals surface area contributed by atoms with Gasteiger partial charge in [0, 0.05) is 18.8 Å². The minimum absolute atomic E-state index is 0.0737. The molecule has 0 aliphatic rings. The number of benzene rings is 1. The Balaban J connectivity index is 2.41. The predicted molar refractivity (Wildman–Crippen MR) is 64.0 cm³/mol. The van der Waals surface area contributed by atoms with E-state index in [9.17, 15) is 14.7 Å². The summed E-state index contributed by atoms with van der Waals surface area (Å²) < 4.78 is 1.50. The van der Waals surface area contributed by atoms with Crippen molar-refractivity contribution in [2.75, 3.05) is 0 Å². The zero-order chi connectivity index (χ0) is 13.1. The van der Waals surface area contributed by atoms with E-state index in [0.29, 0.717) is 12.2 Å². The van der Waals surface area contributed by atoms with Gasteiger partial charge < -0.3 is 9.90 Å². The van der Waals surface area contributed by atoms with Gasteiger partial charge in [-0.05, 0) is 18.6 Å². The first-order valence-electron chi connectivity index (χ1n) is 5.83. The molecule has 0 aliphatic carbocycles. The molecular weight excluding hydrogens is 232 g/mol. The van der Waals surface area contributed by atoms with Gasteiger partial charge in [-0.3, -0.25) is 9.36 Å². The molecule has 0 radical (unpaired) electrons. The van der Waals surface area contributed by atoms with Gasteiger partial charge in [0.2, 0.25) is 5.91 Å². The van der Waals surface area contributed by atoms with Gasteiger partial charge in [-0.2, -0.15) is 0 Å². The first kappa shape index (κ1) is 12.3. The Labute approximate surface area is 104 Å². The highest BCUT2D eigenvalue weighted by atomic mass is 16.4. The highest BCUT2D eigenvalue weighted by molar-refractivity contribution is 5.92. The van der Waals surface area contributed by atoms with E-state index in [2.05, 4.69) is 4.98 Å². The van der Waals surface area contributed by atoms with Gasteiger partial charge in [0.15, 0.2) is 0 Å². The second kappa shape index (κ2) is 5.00. The molecule has 0 saturated heterocycles. The second-order valence-electron chi connectivity index (χ2n) is 3.97. The summed E-state index contributed by atoms with van der Waals surface area (Å²) in [6.45, 7) is 1.91. The lowest BCUT2D eigenvalue weighted by molar-refractivity contribution is -0.305. The number of carbonyl (C=O) groups is 2. The molecule has 2 aromatic rings. The van der Waals surface area contributed by atoms with Crippen LogP contribution in [0.5, 0.6) is 0 Å². The Morgan fingerprint density at radius 2 is 2.00 bits per heavy atom. The van der Waals surface area contributed by atoms with Crippen molar-refractivity contribution in [1.82, 2.24) is 9.55 Å². The Morgan fingerprint density at radius 1 is 1.28 bits per heavy atom. The number of fused-ring (bicyclic) bond motifs is 1. The van der Waals surface area contributed by atoms with Crippen LogP contribution >= 0.6 is 0 Å². The minimum Gasteiger partial charge on any atom is -0.550 e. The van der Waals surface area contributed by atoms with Crippen molar-refractivity contribution >= 4 is 22.9 Å². The summed E-state index contributed by atoms with van der Waals surface area (Å²) in [5.74, 6) is -0.824. The topological polar surface area (TPSA) is 75.0 Å². The summed E-state index contributed by atoms with van der Waals surface area (Å²) in [5, 5.41) is 10.4. The molecule has 1 heterocycles. The molecule has 0 spiro atoms. The van der Waals surface area contributed by atoms with Gasteiger partial charge in [-0.25, -0.2) is 4.98 Å². The SMILES string of the molecule is CCc1nc2ccccc2n1C(=O)CCC(=O)[O-]. The summed E-state index contributed by atoms with van der Waals surface area (Å²) in [6.07, 6.45) is 0.274. The molecule has 0 atom stereocenters. The summed E-state index contributed by atoms with van der Waals surface area (Å²) in [5.41, 5.74) is 1.47. The van der Waals surface area contributed by atoms with Gasteiger partial charge in [-0.15, -0.1) is 0 Å². The fraction of sp³-hybridized carbons (Fsp3) is 0.308. The first-order valence-corrected chi connectivity index (χ1v) is 5.83. The van der Waals surface area contributed by atoms with Crippen molar-refractivity contribution in [3.05, 3.63) is 30.1 Å². The monoisotopic (exact) mass is 245 g/mol. The number of hydrogen-bond acceptors (Lipinski definition) is 4. The van der Waals surface area contributed by atoms with E-state index in [1.165, 1.54) is 4.57 Å². The molecule has 0 amide bonds. The minimum atomic E-state index is -1.22. The number of rotatable bonds is 4. The van der Waals surface area contributed by atoms with Crippen LogP contribution < -0.4 is 5.11 Å². The maximum atomic E-state index is 12.0. The number of para-hydroxylation sites is 2. The zero-order valence-corrected chi connectivity index (χ0v) is 10.0. The summed E-state index contributed by atoms with van der Waals surface area (Å²) in [7, 11) is 0. The lowest BCUT2D eigenvalue weighted by Gasteiger charge is -2.07. The highest BCUT2D eigenvalue weighted by Crippen LogP contribution is 2.17. The molecule has 0 fully saturated rings. The molecule has 0 bridgehead atoms. The summed E-state index contributed by atoms with van der Waals surface area (Å²) in [4.78, 5) is 26.8. The molecule has 1 aromatic heterocycles. The van der Waals surface area contributed by atoms with Crippen LogP contribution in [-0.2, 0) is 11.2 Å². The second-order valence-corrected chi connectivity index (χ2v) is 3.97. The maximum Gasteiger partial charge on any atom is 0.232 e. The van der Waals surface area contributed by atoms with Crippen LogP contribution in [0, 0.1) is 0 Å². The standard InChI is InChI=1S/C13H14N2O3/c1-2-11-14-9-5-3-4-6-10(9)15(11)12(16)7-8-13(17)18/h3-6H,2,7-8H2,1H3,(H,17,18)/p-1. The van der Waals surface area contributed by atoms with Crippen LogP contribution in [0.1, 0.15) is 30.4 Å². The van der Waals surface area contributed by atoms with Crippen LogP contribution in [0.15, 0.2) is 24.3 Å². The number of carboxylic acids is 1. The van der Waals surface area contributed by atoms with Crippen molar-refractivity contribution in [3.63, 3.8) is 0 Å². The molecule has 0 aliphatic heterocycles. The third-order valence-corrected chi connectivity index (χ3v) is 2.74. The molecule has 5 heteroatoms. The van der Waals surface area contributed by atoms with Crippen molar-refractivity contribution in [2.45, 2.75) is 26.2 Å². The molecular formula is C13H13N2O3-. The quantitative estimate of drug-likeness (QED) is 0.797. The van der Waals surface area contributed by atoms with Gasteiger partial charge in [-0.1, -0.05) is 19.1 Å². The number of hydrogen-bond donors (Lipinski definition) is 0. The number of aryl methyl sites for hydroxylation is 1. The van der Waals surface area contributed by atoms with Crippen LogP contribution in [0.2, 0.25) is 0 Å². The average Bonchev–Trinajstić information content (AvgIpc) is 2.74. The Kier molecular flexibility index (Phi) is 3.41. The lowest BCUT2D eigenvalue weighted by Crippen LogP contribution is -2.24. The molecule has 2 rings (SSSR count). The third kappa shape index (κ3) is 2.25. The smallest absolute Gasteiger partial charge is 0.232 e. The molecule has 0 N–H and O–H groups in total. The molecule has 94 valence electrons. The maximum absolute atomic E-state index is 12.0. The molecule has 0 saturated carbocycles. The van der Waals surface area contributed by atoms with Gasteiger partial charge >= 0.3 is 0 Å². The van der Waals surface area contributed by atoms with E-state index in [1.807, 2.05) is 25.1 Å². The van der Waals surface area contributed by atoms with Crippen LogP contribution in [0.4, 0.5) is 0 Å². The number of aromatic nitrogens is 2. The van der Waals surface area contributed by atoms with E-state index in [0.717, 1.165) is 11.0 Å². The number of nitrogens with zero attached hydrogens (tertiary/aromatic N) is 2. The first-order chi connectivity index (χ1) is 8.63. The summed E-state index contributed by atoms with van der Waals surface area (Å²) >= 11 is 0. The Hall–Kier alpha value is -2.17. The Bertz CT molecular complexity index is 601. The molecule has 0 unspecified atom stereocenters. The van der Waals surface area contributed by atoms with Gasteiger partial charge in [0.1, 0.15) is 5.82 Å². The van der Waals surface area contributed by atoms with Crippen LogP contribution in [0.25, 0.3) is 11.0 Å². The van der Waals surface area contributed by atoms with Crippen molar-refractivity contribution in [2.24, 2.45) is 0 Å². The molecule has 18 heavy (non-hydrogen) atoms. The zero-order valence-electron chi connectivity index (χ0n) is 10.0. The molecule has 5 nitrogen and oxygen atoms in total. The van der Waals surface area contributed by atoms with Gasteiger partial charge in [0.05, 0.1) is 11.0 Å². The molecule has 1 aromatic carbocycles. The number of carbonyl (C=O) groups excluding carboxylic acids is 2. The fourth-order valence-corrected chi connectivity index (χ4v) is 1.91. The lowest BCUT2D eigenvalue weighted by atomic mass is 10.2. The third-order valence-electron chi connectivity index (χ3n) is 2.74. The van der Waals surface area contributed by atoms with Crippen LogP contribution in [0.3, 0.4) is 0 Å². The van der Waals surface area contributed by atoms with E-state index >= 15 is 0 Å². The van der Waals surface area contributed by atoms with Crippen LogP contribution in [-0.4, -0.2) is 21.4 Å². The average molecular weight is 245 g/mol. The normalized spacial score (nSPS) is 10.7. The highest BCUT2D eigenvalue weighted by Gasteiger charge is 2.14.